The van der Waals surface area contributed by atoms with Crippen molar-refractivity contribution in [1.29, 1.82) is 0 Å². The summed E-state index contributed by atoms with van der Waals surface area (Å²) >= 11 is 5.83. The zero-order valence-electron chi connectivity index (χ0n) is 11.9. The molecule has 0 unspecified atom stereocenters. The molecule has 3 rings (SSSR count). The lowest BCUT2D eigenvalue weighted by atomic mass is 10.1. The first-order chi connectivity index (χ1) is 11.1. The Bertz CT molecular complexity index is 793. The van der Waals surface area contributed by atoms with E-state index in [2.05, 4.69) is 10.1 Å². The first-order valence-electron chi connectivity index (χ1n) is 6.82. The van der Waals surface area contributed by atoms with Crippen molar-refractivity contribution < 1.29 is 13.5 Å². The molecule has 0 aliphatic rings. The molecule has 7 heteroatoms. The zero-order valence-corrected chi connectivity index (χ0v) is 12.6. The fourth-order valence-corrected chi connectivity index (χ4v) is 2.25. The molecule has 23 heavy (non-hydrogen) atoms. The van der Waals surface area contributed by atoms with E-state index in [9.17, 15) is 8.78 Å². The van der Waals surface area contributed by atoms with Gasteiger partial charge in [-0.05, 0) is 6.07 Å². The van der Waals surface area contributed by atoms with Gasteiger partial charge in [0.2, 0.25) is 0 Å². The van der Waals surface area contributed by atoms with E-state index >= 15 is 0 Å². The van der Waals surface area contributed by atoms with Crippen LogP contribution in [0.5, 0.6) is 11.5 Å². The summed E-state index contributed by atoms with van der Waals surface area (Å²) < 4.78 is 32.2. The summed E-state index contributed by atoms with van der Waals surface area (Å²) in [5.74, 6) is 0.831. The molecule has 0 aliphatic carbocycles. The first-order valence-corrected chi connectivity index (χ1v) is 7.20. The summed E-state index contributed by atoms with van der Waals surface area (Å²) in [6, 6.07) is 12.4. The van der Waals surface area contributed by atoms with Crippen molar-refractivity contribution in [2.24, 2.45) is 0 Å². The third-order valence-electron chi connectivity index (χ3n) is 3.03. The second kappa shape index (κ2) is 6.75. The molecule has 4 nitrogen and oxygen atoms in total. The van der Waals surface area contributed by atoms with E-state index in [4.69, 9.17) is 16.3 Å². The van der Waals surface area contributed by atoms with Crippen LogP contribution in [0.2, 0.25) is 5.15 Å². The van der Waals surface area contributed by atoms with Crippen molar-refractivity contribution in [3.8, 4) is 22.8 Å². The molecule has 0 saturated heterocycles. The standard InChI is InChI=1S/C16H12ClF2N3O/c17-14-8-12(6-7-20-14)23-13-9-22(10-15(18)19)21-16(13)11-4-2-1-3-5-11/h1-9,15H,10H2. The maximum absolute atomic E-state index is 12.6. The SMILES string of the molecule is FC(F)Cn1cc(Oc2ccnc(Cl)c2)c(-c2ccccc2)n1. The largest absolute Gasteiger partial charge is 0.453 e. The first kappa shape index (κ1) is 15.4. The molecule has 0 spiro atoms. The predicted molar refractivity (Wildman–Crippen MR) is 83.0 cm³/mol. The van der Waals surface area contributed by atoms with Crippen molar-refractivity contribution in [2.75, 3.05) is 0 Å². The van der Waals surface area contributed by atoms with E-state index < -0.39 is 13.0 Å². The summed E-state index contributed by atoms with van der Waals surface area (Å²) in [5.41, 5.74) is 1.26. The monoisotopic (exact) mass is 335 g/mol. The molecule has 0 aliphatic heterocycles. The van der Waals surface area contributed by atoms with E-state index in [1.165, 1.54) is 17.1 Å². The van der Waals surface area contributed by atoms with Gasteiger partial charge in [-0.25, -0.2) is 13.8 Å². The molecule has 118 valence electrons. The van der Waals surface area contributed by atoms with Crippen LogP contribution < -0.4 is 4.74 Å². The number of nitrogens with zero attached hydrogens (tertiary/aromatic N) is 3. The average Bonchev–Trinajstić information content (AvgIpc) is 2.90. The zero-order chi connectivity index (χ0) is 16.2. The van der Waals surface area contributed by atoms with Gasteiger partial charge in [0.1, 0.15) is 23.1 Å². The summed E-state index contributed by atoms with van der Waals surface area (Å²) in [7, 11) is 0. The lowest BCUT2D eigenvalue weighted by molar-refractivity contribution is 0.122. The van der Waals surface area contributed by atoms with Crippen LogP contribution in [0.4, 0.5) is 8.78 Å². The maximum Gasteiger partial charge on any atom is 0.257 e. The fourth-order valence-electron chi connectivity index (χ4n) is 2.08. The van der Waals surface area contributed by atoms with Crippen LogP contribution in [0.25, 0.3) is 11.3 Å². The minimum absolute atomic E-state index is 0.281. The van der Waals surface area contributed by atoms with Crippen LogP contribution in [0.1, 0.15) is 0 Å². The quantitative estimate of drug-likeness (QED) is 0.637. The van der Waals surface area contributed by atoms with Gasteiger partial charge < -0.3 is 4.74 Å². The highest BCUT2D eigenvalue weighted by molar-refractivity contribution is 6.29. The van der Waals surface area contributed by atoms with E-state index in [1.807, 2.05) is 30.3 Å². The number of hydrogen-bond acceptors (Lipinski definition) is 3. The Hall–Kier alpha value is -2.47. The predicted octanol–water partition coefficient (Wildman–Crippen LogP) is 4.66. The van der Waals surface area contributed by atoms with Crippen LogP contribution in [0, 0.1) is 0 Å². The summed E-state index contributed by atoms with van der Waals surface area (Å²) in [4.78, 5) is 3.87. The fraction of sp³-hybridized carbons (Fsp3) is 0.125. The second-order valence-electron chi connectivity index (χ2n) is 4.74. The number of pyridine rings is 1. The number of halogens is 3. The molecular formula is C16H12ClF2N3O. The number of aromatic nitrogens is 3. The minimum atomic E-state index is -2.50. The van der Waals surface area contributed by atoms with Crippen molar-refractivity contribution in [2.45, 2.75) is 13.0 Å². The number of ether oxygens (including phenoxy) is 1. The number of benzene rings is 1. The van der Waals surface area contributed by atoms with Gasteiger partial charge in [-0.3, -0.25) is 4.68 Å². The molecule has 0 bridgehead atoms. The molecule has 0 fully saturated rings. The Kier molecular flexibility index (Phi) is 4.52. The second-order valence-corrected chi connectivity index (χ2v) is 5.12. The lowest BCUT2D eigenvalue weighted by Crippen LogP contribution is -2.06. The number of rotatable bonds is 5. The van der Waals surface area contributed by atoms with E-state index in [0.29, 0.717) is 17.2 Å². The maximum atomic E-state index is 12.6. The highest BCUT2D eigenvalue weighted by atomic mass is 35.5. The lowest BCUT2D eigenvalue weighted by Gasteiger charge is -2.05. The summed E-state index contributed by atoms with van der Waals surface area (Å²) in [6.07, 6.45) is 0.452. The van der Waals surface area contributed by atoms with Gasteiger partial charge in [0.15, 0.2) is 5.75 Å². The van der Waals surface area contributed by atoms with Crippen LogP contribution in [0.15, 0.2) is 54.9 Å². The van der Waals surface area contributed by atoms with Gasteiger partial charge >= 0.3 is 0 Å². The van der Waals surface area contributed by atoms with Crippen LogP contribution in [-0.2, 0) is 6.54 Å². The van der Waals surface area contributed by atoms with Gasteiger partial charge in [0.05, 0.1) is 6.20 Å². The van der Waals surface area contributed by atoms with Gasteiger partial charge in [-0.1, -0.05) is 41.9 Å². The summed E-state index contributed by atoms with van der Waals surface area (Å²) in [6.45, 7) is -0.500. The number of hydrogen-bond donors (Lipinski definition) is 0. The molecule has 0 amide bonds. The molecule has 0 N–H and O–H groups in total. The molecule has 2 heterocycles. The molecule has 0 radical (unpaired) electrons. The third-order valence-corrected chi connectivity index (χ3v) is 3.23. The van der Waals surface area contributed by atoms with Gasteiger partial charge in [0.25, 0.3) is 6.43 Å². The molecule has 1 aromatic carbocycles. The summed E-state index contributed by atoms with van der Waals surface area (Å²) in [5, 5.41) is 4.48. The van der Waals surface area contributed by atoms with Gasteiger partial charge in [-0.15, -0.1) is 0 Å². The smallest absolute Gasteiger partial charge is 0.257 e. The Balaban J connectivity index is 1.98. The Morgan fingerprint density at radius 2 is 1.96 bits per heavy atom. The molecule has 2 aromatic heterocycles. The van der Waals surface area contributed by atoms with Crippen LogP contribution >= 0.6 is 11.6 Å². The molecule has 3 aromatic rings. The van der Waals surface area contributed by atoms with E-state index in [1.54, 1.807) is 12.1 Å². The third kappa shape index (κ3) is 3.84. The van der Waals surface area contributed by atoms with E-state index in [0.717, 1.165) is 5.56 Å². The molecule has 0 saturated carbocycles. The normalized spacial score (nSPS) is 11.0. The highest BCUT2D eigenvalue weighted by Gasteiger charge is 2.15. The molecular weight excluding hydrogens is 324 g/mol. The number of alkyl halides is 2. The average molecular weight is 336 g/mol. The minimum Gasteiger partial charge on any atom is -0.453 e. The van der Waals surface area contributed by atoms with Gasteiger partial charge in [0, 0.05) is 17.8 Å². The van der Waals surface area contributed by atoms with Crippen molar-refractivity contribution >= 4 is 11.6 Å². The highest BCUT2D eigenvalue weighted by Crippen LogP contribution is 2.32. The Morgan fingerprint density at radius 1 is 1.17 bits per heavy atom. The van der Waals surface area contributed by atoms with Crippen molar-refractivity contribution in [3.05, 3.63) is 60.0 Å². The van der Waals surface area contributed by atoms with Crippen molar-refractivity contribution in [1.82, 2.24) is 14.8 Å². The Morgan fingerprint density at radius 3 is 2.65 bits per heavy atom. The van der Waals surface area contributed by atoms with Crippen LogP contribution in [0.3, 0.4) is 0 Å². The topological polar surface area (TPSA) is 39.9 Å². The van der Waals surface area contributed by atoms with E-state index in [-0.39, 0.29) is 5.15 Å². The Labute approximate surface area is 136 Å². The van der Waals surface area contributed by atoms with Gasteiger partial charge in [-0.2, -0.15) is 5.10 Å². The van der Waals surface area contributed by atoms with Crippen LogP contribution in [-0.4, -0.2) is 21.2 Å². The van der Waals surface area contributed by atoms with Crippen molar-refractivity contribution in [3.63, 3.8) is 0 Å². The molecule has 0 atom stereocenters.